The first kappa shape index (κ1) is 17.3. The molecular weight excluding hydrogens is 282 g/mol. The molecule has 0 bridgehead atoms. The first-order valence-electron chi connectivity index (χ1n) is 6.27. The molecule has 1 rings (SSSR count). The number of aromatic nitrogens is 3. The predicted molar refractivity (Wildman–Crippen MR) is 70.4 cm³/mol. The van der Waals surface area contributed by atoms with E-state index in [9.17, 15) is 0 Å². The topological polar surface area (TPSA) is 94.1 Å². The van der Waals surface area contributed by atoms with E-state index in [2.05, 4.69) is 19.8 Å². The Morgan fingerprint density at radius 2 is 0.952 bits per heavy atom. The molecule has 1 aromatic heterocycles. The summed E-state index contributed by atoms with van der Waals surface area (Å²) in [6.45, 7) is 10.8. The van der Waals surface area contributed by atoms with Crippen LogP contribution < -0.4 is 14.7 Å². The summed E-state index contributed by atoms with van der Waals surface area (Å²) >= 11 is 0. The van der Waals surface area contributed by atoms with Crippen molar-refractivity contribution >= 4 is 0 Å². The molecule has 0 amide bonds. The number of hydrogen-bond donors (Lipinski definition) is 0. The van der Waals surface area contributed by atoms with E-state index in [0.29, 0.717) is 0 Å². The summed E-state index contributed by atoms with van der Waals surface area (Å²) in [6.07, 6.45) is 0. The van der Waals surface area contributed by atoms with Crippen LogP contribution in [0.25, 0.3) is 0 Å². The van der Waals surface area contributed by atoms with E-state index in [1.165, 1.54) is 7.11 Å². The van der Waals surface area contributed by atoms with Crippen molar-refractivity contribution in [3.05, 3.63) is 0 Å². The molecule has 120 valence electrons. The Bertz CT molecular complexity index is 419. The maximum atomic E-state index is 5.10. The van der Waals surface area contributed by atoms with Gasteiger partial charge >= 0.3 is 18.0 Å². The van der Waals surface area contributed by atoms with Crippen LogP contribution in [0.5, 0.6) is 18.0 Å². The highest BCUT2D eigenvalue weighted by molar-refractivity contribution is 5.07. The maximum absolute atomic E-state index is 5.10. The molecule has 0 aliphatic rings. The van der Waals surface area contributed by atoms with Gasteiger partial charge in [0.05, 0.1) is 7.11 Å². The lowest BCUT2D eigenvalue weighted by molar-refractivity contribution is -0.288. The lowest BCUT2D eigenvalue weighted by atomic mass is 10.2. The lowest BCUT2D eigenvalue weighted by Gasteiger charge is -2.18. The normalized spacial score (nSPS) is 12.1. The Labute approximate surface area is 123 Å². The monoisotopic (exact) mass is 303 g/mol. The summed E-state index contributed by atoms with van der Waals surface area (Å²) in [5.41, 5.74) is -1.09. The van der Waals surface area contributed by atoms with Crippen LogP contribution in [0.15, 0.2) is 0 Å². The van der Waals surface area contributed by atoms with E-state index in [1.807, 2.05) is 0 Å². The van der Waals surface area contributed by atoms with Crippen molar-refractivity contribution < 1.29 is 29.3 Å². The minimum absolute atomic E-state index is 0.153. The van der Waals surface area contributed by atoms with Gasteiger partial charge in [0.25, 0.3) is 0 Å². The minimum Gasteiger partial charge on any atom is -0.295 e. The third-order valence-corrected chi connectivity index (χ3v) is 1.46. The molecule has 0 atom stereocenters. The molecule has 0 N–H and O–H groups in total. The van der Waals surface area contributed by atoms with E-state index >= 15 is 0 Å². The molecule has 0 aliphatic heterocycles. The molecule has 0 saturated heterocycles. The number of rotatable bonds is 6. The maximum Gasteiger partial charge on any atom is 0.362 e. The third-order valence-electron chi connectivity index (χ3n) is 1.46. The molecule has 9 heteroatoms. The molecule has 9 nitrogen and oxygen atoms in total. The zero-order chi connectivity index (χ0) is 16.1. The van der Waals surface area contributed by atoms with Crippen molar-refractivity contribution in [3.63, 3.8) is 0 Å². The van der Waals surface area contributed by atoms with Gasteiger partial charge in [-0.2, -0.15) is 14.7 Å². The Kier molecular flexibility index (Phi) is 5.64. The average molecular weight is 303 g/mol. The fourth-order valence-electron chi connectivity index (χ4n) is 0.831. The van der Waals surface area contributed by atoms with Gasteiger partial charge in [-0.25, -0.2) is 0 Å². The van der Waals surface area contributed by atoms with Crippen LogP contribution >= 0.6 is 0 Å². The van der Waals surface area contributed by atoms with Crippen molar-refractivity contribution in [1.82, 2.24) is 15.0 Å². The molecular formula is C12H21N3O6. The highest BCUT2D eigenvalue weighted by Crippen LogP contribution is 2.18. The fourth-order valence-corrected chi connectivity index (χ4v) is 0.831. The zero-order valence-electron chi connectivity index (χ0n) is 13.3. The summed E-state index contributed by atoms with van der Waals surface area (Å²) < 4.78 is 0. The first-order valence-corrected chi connectivity index (χ1v) is 6.27. The van der Waals surface area contributed by atoms with Crippen LogP contribution in [0.3, 0.4) is 0 Å². The van der Waals surface area contributed by atoms with Crippen LogP contribution in [0.1, 0.15) is 41.5 Å². The van der Waals surface area contributed by atoms with E-state index in [4.69, 9.17) is 24.4 Å². The van der Waals surface area contributed by atoms with Crippen LogP contribution in [0.4, 0.5) is 0 Å². The summed E-state index contributed by atoms with van der Waals surface area (Å²) in [4.78, 5) is 40.9. The van der Waals surface area contributed by atoms with Crippen LogP contribution in [0.2, 0.25) is 0 Å². The molecule has 0 fully saturated rings. The summed E-state index contributed by atoms with van der Waals surface area (Å²) in [5.74, 6) is 0. The van der Waals surface area contributed by atoms with Crippen molar-refractivity contribution in [3.8, 4) is 18.0 Å². The molecule has 21 heavy (non-hydrogen) atoms. The van der Waals surface area contributed by atoms with Crippen LogP contribution in [-0.2, 0) is 14.7 Å². The highest BCUT2D eigenvalue weighted by Gasteiger charge is 2.19. The molecule has 0 saturated carbocycles. The molecule has 1 heterocycles. The van der Waals surface area contributed by atoms with Gasteiger partial charge in [0.15, 0.2) is 0 Å². The molecule has 1 aromatic rings. The first-order chi connectivity index (χ1) is 9.59. The second kappa shape index (κ2) is 6.83. The van der Waals surface area contributed by atoms with Gasteiger partial charge in [0.2, 0.25) is 0 Å². The summed E-state index contributed by atoms with van der Waals surface area (Å²) in [6, 6.07) is -0.466. The molecule has 0 radical (unpaired) electrons. The minimum atomic E-state index is -0.544. The second-order valence-electron chi connectivity index (χ2n) is 5.99. The Hall–Kier alpha value is -1.71. The van der Waals surface area contributed by atoms with Crippen molar-refractivity contribution in [2.24, 2.45) is 0 Å². The van der Waals surface area contributed by atoms with E-state index in [-0.39, 0.29) is 18.0 Å². The van der Waals surface area contributed by atoms with Gasteiger partial charge in [-0.1, -0.05) is 0 Å². The predicted octanol–water partition coefficient (Wildman–Crippen LogP) is 2.03. The van der Waals surface area contributed by atoms with Crippen molar-refractivity contribution in [2.75, 3.05) is 7.11 Å². The third kappa shape index (κ3) is 7.59. The van der Waals surface area contributed by atoms with Gasteiger partial charge in [-0.15, -0.1) is 15.0 Å². The number of nitrogens with zero attached hydrogens (tertiary/aromatic N) is 3. The number of hydrogen-bond acceptors (Lipinski definition) is 9. The van der Waals surface area contributed by atoms with Crippen LogP contribution in [0, 0.1) is 0 Å². The summed E-state index contributed by atoms with van der Waals surface area (Å²) in [5, 5.41) is 0. The quantitative estimate of drug-likeness (QED) is 0.577. The second-order valence-corrected chi connectivity index (χ2v) is 5.99. The van der Waals surface area contributed by atoms with Gasteiger partial charge in [-0.3, -0.25) is 14.7 Å². The van der Waals surface area contributed by atoms with E-state index in [1.54, 1.807) is 41.5 Å². The fraction of sp³-hybridized carbons (Fsp3) is 0.750. The largest absolute Gasteiger partial charge is 0.362 e. The SMILES string of the molecule is COOc1nc(OOC(C)(C)C)nc(OOC(C)(C)C)n1. The molecule has 0 aliphatic carbocycles. The Morgan fingerprint density at radius 1 is 0.619 bits per heavy atom. The van der Waals surface area contributed by atoms with E-state index < -0.39 is 11.2 Å². The van der Waals surface area contributed by atoms with E-state index in [0.717, 1.165) is 0 Å². The Morgan fingerprint density at radius 3 is 1.24 bits per heavy atom. The Balaban J connectivity index is 2.84. The van der Waals surface area contributed by atoms with Gasteiger partial charge in [0, 0.05) is 0 Å². The van der Waals surface area contributed by atoms with Gasteiger partial charge in [0.1, 0.15) is 11.2 Å². The summed E-state index contributed by atoms with van der Waals surface area (Å²) in [7, 11) is 1.31. The zero-order valence-corrected chi connectivity index (χ0v) is 13.3. The highest BCUT2D eigenvalue weighted by atomic mass is 17.2. The van der Waals surface area contributed by atoms with Crippen molar-refractivity contribution in [1.29, 1.82) is 0 Å². The molecule has 0 aromatic carbocycles. The van der Waals surface area contributed by atoms with Gasteiger partial charge < -0.3 is 0 Å². The van der Waals surface area contributed by atoms with Crippen LogP contribution in [-0.4, -0.2) is 33.3 Å². The van der Waals surface area contributed by atoms with Gasteiger partial charge in [-0.05, 0) is 41.5 Å². The van der Waals surface area contributed by atoms with Crippen molar-refractivity contribution in [2.45, 2.75) is 52.7 Å². The smallest absolute Gasteiger partial charge is 0.295 e. The standard InChI is InChI=1S/C12H21N3O6/c1-11(2,3)20-18-9-13-8(17-16-7)14-10(15-9)19-21-12(4,5)6/h1-7H3. The lowest BCUT2D eigenvalue weighted by Crippen LogP contribution is -2.23. The molecule has 0 spiro atoms. The molecule has 0 unspecified atom stereocenters. The average Bonchev–Trinajstić information content (AvgIpc) is 2.33.